The predicted molar refractivity (Wildman–Crippen MR) is 70.9 cm³/mol. The van der Waals surface area contributed by atoms with Crippen LogP contribution in [0.4, 0.5) is 0 Å². The van der Waals surface area contributed by atoms with E-state index in [1.165, 1.54) is 13.0 Å². The van der Waals surface area contributed by atoms with Gasteiger partial charge in [-0.15, -0.1) is 0 Å². The summed E-state index contributed by atoms with van der Waals surface area (Å²) < 4.78 is 5.44. The molecule has 2 N–H and O–H groups in total. The number of rotatable bonds is 3. The van der Waals surface area contributed by atoms with Gasteiger partial charge in [0, 0.05) is 31.8 Å². The molecule has 1 aliphatic carbocycles. The maximum absolute atomic E-state index is 6.07. The van der Waals surface area contributed by atoms with Crippen LogP contribution in [0.25, 0.3) is 0 Å². The van der Waals surface area contributed by atoms with E-state index in [0.717, 1.165) is 31.2 Å². The molecule has 3 atom stereocenters. The minimum atomic E-state index is 0.225. The summed E-state index contributed by atoms with van der Waals surface area (Å²) in [5.74, 6) is 1.58. The first kappa shape index (κ1) is 13.3. The monoisotopic (exact) mass is 240 g/mol. The summed E-state index contributed by atoms with van der Waals surface area (Å²) in [4.78, 5) is 2.68. The zero-order chi connectivity index (χ0) is 12.6. The van der Waals surface area contributed by atoms with Gasteiger partial charge in [0.15, 0.2) is 0 Å². The molecule has 2 aliphatic rings. The molecule has 0 spiro atoms. The lowest BCUT2D eigenvalue weighted by Crippen LogP contribution is -2.68. The average molecular weight is 240 g/mol. The zero-order valence-electron chi connectivity index (χ0n) is 11.8. The smallest absolute Gasteiger partial charge is 0.0607 e. The second-order valence-corrected chi connectivity index (χ2v) is 6.41. The van der Waals surface area contributed by atoms with Crippen molar-refractivity contribution in [2.45, 2.75) is 57.7 Å². The Labute approximate surface area is 106 Å². The Hall–Kier alpha value is -0.120. The van der Waals surface area contributed by atoms with Crippen LogP contribution in [0.15, 0.2) is 0 Å². The minimum absolute atomic E-state index is 0.225. The number of nitrogens with two attached hydrogens (primary N) is 1. The van der Waals surface area contributed by atoms with Gasteiger partial charge < -0.3 is 10.5 Å². The van der Waals surface area contributed by atoms with E-state index in [1.807, 2.05) is 7.11 Å². The van der Waals surface area contributed by atoms with Gasteiger partial charge in [-0.25, -0.2) is 0 Å². The largest absolute Gasteiger partial charge is 0.381 e. The first-order valence-electron chi connectivity index (χ1n) is 7.02. The minimum Gasteiger partial charge on any atom is -0.381 e. The van der Waals surface area contributed by atoms with E-state index in [2.05, 4.69) is 25.7 Å². The molecule has 1 saturated carbocycles. The van der Waals surface area contributed by atoms with Gasteiger partial charge in [-0.2, -0.15) is 0 Å². The van der Waals surface area contributed by atoms with E-state index < -0.39 is 0 Å². The molecule has 0 bridgehead atoms. The van der Waals surface area contributed by atoms with Crippen LogP contribution in [-0.2, 0) is 4.74 Å². The molecule has 3 unspecified atom stereocenters. The fourth-order valence-corrected chi connectivity index (χ4v) is 3.81. The summed E-state index contributed by atoms with van der Waals surface area (Å²) in [6, 6.07) is 0.660. The molecule has 1 saturated heterocycles. The highest BCUT2D eigenvalue weighted by Crippen LogP contribution is 2.43. The van der Waals surface area contributed by atoms with Crippen molar-refractivity contribution in [3.63, 3.8) is 0 Å². The fourth-order valence-electron chi connectivity index (χ4n) is 3.81. The van der Waals surface area contributed by atoms with Crippen molar-refractivity contribution in [1.82, 2.24) is 4.90 Å². The fraction of sp³-hybridized carbons (Fsp3) is 1.00. The molecule has 0 radical (unpaired) electrons. The lowest BCUT2D eigenvalue weighted by molar-refractivity contribution is -0.123. The molecular weight excluding hydrogens is 212 g/mol. The number of hydrogen-bond acceptors (Lipinski definition) is 3. The Bertz CT molecular complexity index is 263. The quantitative estimate of drug-likeness (QED) is 0.818. The second-order valence-electron chi connectivity index (χ2n) is 6.41. The maximum atomic E-state index is 6.07. The summed E-state index contributed by atoms with van der Waals surface area (Å²) in [6.45, 7) is 9.10. The van der Waals surface area contributed by atoms with Crippen molar-refractivity contribution in [3.05, 3.63) is 0 Å². The first-order valence-corrected chi connectivity index (χ1v) is 7.02. The van der Waals surface area contributed by atoms with Crippen molar-refractivity contribution in [1.29, 1.82) is 0 Å². The molecule has 1 aliphatic heterocycles. The van der Waals surface area contributed by atoms with Crippen LogP contribution in [-0.4, -0.2) is 42.8 Å². The third-order valence-electron chi connectivity index (χ3n) is 5.14. The first-order chi connectivity index (χ1) is 8.02. The highest BCUT2D eigenvalue weighted by atomic mass is 16.5. The predicted octanol–water partition coefficient (Wildman–Crippen LogP) is 1.86. The van der Waals surface area contributed by atoms with E-state index >= 15 is 0 Å². The average Bonchev–Trinajstić information content (AvgIpc) is 2.24. The van der Waals surface area contributed by atoms with E-state index in [-0.39, 0.29) is 5.54 Å². The van der Waals surface area contributed by atoms with Crippen LogP contribution in [0.2, 0.25) is 0 Å². The molecule has 2 rings (SSSR count). The van der Waals surface area contributed by atoms with E-state index in [4.69, 9.17) is 10.5 Å². The Morgan fingerprint density at radius 3 is 2.47 bits per heavy atom. The summed E-state index contributed by atoms with van der Waals surface area (Å²) in [6.07, 6.45) is 4.01. The summed E-state index contributed by atoms with van der Waals surface area (Å²) in [7, 11) is 1.82. The van der Waals surface area contributed by atoms with Crippen molar-refractivity contribution in [3.8, 4) is 0 Å². The number of piperidine rings is 1. The van der Waals surface area contributed by atoms with Crippen molar-refractivity contribution >= 4 is 0 Å². The molecule has 1 heterocycles. The number of likely N-dealkylation sites (tertiary alicyclic amines) is 1. The molecule has 2 fully saturated rings. The van der Waals surface area contributed by atoms with Gasteiger partial charge in [-0.05, 0) is 38.0 Å². The van der Waals surface area contributed by atoms with Crippen molar-refractivity contribution < 1.29 is 4.74 Å². The summed E-state index contributed by atoms with van der Waals surface area (Å²) in [5, 5.41) is 0. The van der Waals surface area contributed by atoms with Crippen LogP contribution < -0.4 is 5.73 Å². The maximum Gasteiger partial charge on any atom is 0.0607 e. The van der Waals surface area contributed by atoms with Gasteiger partial charge in [0.1, 0.15) is 0 Å². The van der Waals surface area contributed by atoms with Crippen LogP contribution >= 0.6 is 0 Å². The Balaban J connectivity index is 2.08. The molecule has 0 aromatic rings. The van der Waals surface area contributed by atoms with Crippen molar-refractivity contribution in [2.75, 3.05) is 20.2 Å². The summed E-state index contributed by atoms with van der Waals surface area (Å²) in [5.41, 5.74) is 6.30. The molecular formula is C14H28N2O. The number of ether oxygens (including phenoxy) is 1. The third kappa shape index (κ3) is 2.25. The zero-order valence-corrected chi connectivity index (χ0v) is 11.8. The Kier molecular flexibility index (Phi) is 3.81. The molecule has 0 amide bonds. The lowest BCUT2D eigenvalue weighted by atomic mass is 9.69. The van der Waals surface area contributed by atoms with E-state index in [9.17, 15) is 0 Å². The normalized spacial score (nSPS) is 47.8. The van der Waals surface area contributed by atoms with Gasteiger partial charge in [0.25, 0.3) is 0 Å². The second kappa shape index (κ2) is 4.87. The van der Waals surface area contributed by atoms with Gasteiger partial charge >= 0.3 is 0 Å². The van der Waals surface area contributed by atoms with Crippen LogP contribution in [0.3, 0.4) is 0 Å². The number of methoxy groups -OCH3 is 1. The van der Waals surface area contributed by atoms with Crippen LogP contribution in [0.5, 0.6) is 0 Å². The molecule has 100 valence electrons. The third-order valence-corrected chi connectivity index (χ3v) is 5.14. The van der Waals surface area contributed by atoms with Crippen molar-refractivity contribution in [2.24, 2.45) is 17.6 Å². The van der Waals surface area contributed by atoms with E-state index in [1.54, 1.807) is 0 Å². The standard InChI is InChI=1S/C14H28N2O/c1-10-5-11(2)12(3)16(8-10)14(9-15)6-13(7-14)17-4/h10-13H,5-9,15H2,1-4H3. The van der Waals surface area contributed by atoms with Crippen LogP contribution in [0.1, 0.15) is 40.0 Å². The SMILES string of the molecule is COC1CC(CN)(N2CC(C)CC(C)C2C)C1. The Morgan fingerprint density at radius 2 is 1.94 bits per heavy atom. The van der Waals surface area contributed by atoms with Gasteiger partial charge in [-0.1, -0.05) is 13.8 Å². The Morgan fingerprint density at radius 1 is 1.29 bits per heavy atom. The highest BCUT2D eigenvalue weighted by Gasteiger charge is 2.51. The highest BCUT2D eigenvalue weighted by molar-refractivity contribution is 5.07. The molecule has 0 aromatic carbocycles. The molecule has 3 nitrogen and oxygen atoms in total. The molecule has 0 aromatic heterocycles. The lowest BCUT2D eigenvalue weighted by Gasteiger charge is -2.58. The van der Waals surface area contributed by atoms with Crippen LogP contribution in [0, 0.1) is 11.8 Å². The van der Waals surface area contributed by atoms with Gasteiger partial charge in [0.05, 0.1) is 6.10 Å². The molecule has 17 heavy (non-hydrogen) atoms. The number of hydrogen-bond donors (Lipinski definition) is 1. The topological polar surface area (TPSA) is 38.5 Å². The summed E-state index contributed by atoms with van der Waals surface area (Å²) >= 11 is 0. The van der Waals surface area contributed by atoms with E-state index in [0.29, 0.717) is 12.1 Å². The number of nitrogens with zero attached hydrogens (tertiary/aromatic N) is 1. The molecule has 3 heteroatoms. The van der Waals surface area contributed by atoms with Gasteiger partial charge in [0.2, 0.25) is 0 Å². The van der Waals surface area contributed by atoms with Gasteiger partial charge in [-0.3, -0.25) is 4.90 Å².